The number of para-hydroxylation sites is 2. The van der Waals surface area contributed by atoms with Gasteiger partial charge in [-0.25, -0.2) is 14.8 Å². The molecule has 4 rings (SSSR count). The van der Waals surface area contributed by atoms with Gasteiger partial charge in [0.05, 0.1) is 23.2 Å². The third-order valence-electron chi connectivity index (χ3n) is 5.73. The normalized spacial score (nSPS) is 14.9. The van der Waals surface area contributed by atoms with E-state index in [0.717, 1.165) is 64.1 Å². The molecule has 0 spiro atoms. The van der Waals surface area contributed by atoms with Gasteiger partial charge >= 0.3 is 5.97 Å². The molecule has 0 radical (unpaired) electrons. The minimum absolute atomic E-state index is 0.302. The Morgan fingerprint density at radius 1 is 1.20 bits per heavy atom. The first-order chi connectivity index (χ1) is 14.5. The first-order valence-electron chi connectivity index (χ1n) is 10.5. The zero-order valence-corrected chi connectivity index (χ0v) is 18.8. The summed E-state index contributed by atoms with van der Waals surface area (Å²) in [6.07, 6.45) is 2.28. The summed E-state index contributed by atoms with van der Waals surface area (Å²) in [5.41, 5.74) is 3.24. The number of piperidine rings is 1. The number of ether oxygens (including phenoxy) is 1. The molecular formula is C23H28N4O2S. The number of hydrogen-bond donors (Lipinski definition) is 1. The van der Waals surface area contributed by atoms with Gasteiger partial charge in [0, 0.05) is 18.0 Å². The van der Waals surface area contributed by atoms with Crippen LogP contribution in [0, 0.1) is 19.8 Å². The average molecular weight is 425 g/mol. The highest BCUT2D eigenvalue weighted by Crippen LogP contribution is 2.38. The SMILES string of the molecule is CCOC(=O)c1c(Nc2nc3ccccc3nc2N2CCC(C)CC2)sc(C)c1C. The van der Waals surface area contributed by atoms with Crippen LogP contribution in [0.25, 0.3) is 11.0 Å². The monoisotopic (exact) mass is 424 g/mol. The van der Waals surface area contributed by atoms with Crippen LogP contribution in [0.2, 0.25) is 0 Å². The quantitative estimate of drug-likeness (QED) is 0.548. The number of nitrogens with zero attached hydrogens (tertiary/aromatic N) is 3. The summed E-state index contributed by atoms with van der Waals surface area (Å²) < 4.78 is 5.31. The second-order valence-corrected chi connectivity index (χ2v) is 9.11. The number of rotatable bonds is 5. The third-order valence-corrected chi connectivity index (χ3v) is 6.85. The minimum atomic E-state index is -0.302. The third kappa shape index (κ3) is 3.99. The van der Waals surface area contributed by atoms with Crippen molar-refractivity contribution in [2.75, 3.05) is 29.9 Å². The smallest absolute Gasteiger partial charge is 0.341 e. The fourth-order valence-electron chi connectivity index (χ4n) is 3.79. The summed E-state index contributed by atoms with van der Waals surface area (Å²) in [7, 11) is 0. The van der Waals surface area contributed by atoms with Crippen LogP contribution in [0.4, 0.5) is 16.6 Å². The minimum Gasteiger partial charge on any atom is -0.462 e. The van der Waals surface area contributed by atoms with Crippen molar-refractivity contribution in [2.24, 2.45) is 5.92 Å². The van der Waals surface area contributed by atoms with Crippen molar-refractivity contribution in [1.82, 2.24) is 9.97 Å². The van der Waals surface area contributed by atoms with Gasteiger partial charge < -0.3 is 15.0 Å². The Balaban J connectivity index is 1.78. The largest absolute Gasteiger partial charge is 0.462 e. The first-order valence-corrected chi connectivity index (χ1v) is 11.4. The summed E-state index contributed by atoms with van der Waals surface area (Å²) >= 11 is 1.55. The van der Waals surface area contributed by atoms with E-state index in [4.69, 9.17) is 14.7 Å². The number of aromatic nitrogens is 2. The molecule has 0 unspecified atom stereocenters. The molecule has 158 valence electrons. The Kier molecular flexibility index (Phi) is 5.90. The predicted octanol–water partition coefficient (Wildman–Crippen LogP) is 5.46. The van der Waals surface area contributed by atoms with E-state index in [1.165, 1.54) is 0 Å². The van der Waals surface area contributed by atoms with Gasteiger partial charge in [-0.3, -0.25) is 0 Å². The summed E-state index contributed by atoms with van der Waals surface area (Å²) in [6.45, 7) is 10.4. The Morgan fingerprint density at radius 2 is 1.87 bits per heavy atom. The molecule has 1 aromatic carbocycles. The number of carbonyl (C=O) groups excluding carboxylic acids is 1. The molecule has 2 aromatic heterocycles. The van der Waals surface area contributed by atoms with E-state index in [0.29, 0.717) is 18.0 Å². The Morgan fingerprint density at radius 3 is 2.53 bits per heavy atom. The number of benzene rings is 1. The second kappa shape index (κ2) is 8.60. The maximum absolute atomic E-state index is 12.6. The molecule has 3 heterocycles. The maximum Gasteiger partial charge on any atom is 0.341 e. The number of aryl methyl sites for hydroxylation is 1. The van der Waals surface area contributed by atoms with Crippen LogP contribution < -0.4 is 10.2 Å². The highest BCUT2D eigenvalue weighted by molar-refractivity contribution is 7.16. The zero-order chi connectivity index (χ0) is 21.3. The van der Waals surface area contributed by atoms with Gasteiger partial charge in [-0.2, -0.15) is 0 Å². The van der Waals surface area contributed by atoms with E-state index in [1.807, 2.05) is 45.0 Å². The Labute approximate surface area is 181 Å². The number of nitrogens with one attached hydrogen (secondary N) is 1. The van der Waals surface area contributed by atoms with Crippen LogP contribution in [-0.2, 0) is 4.74 Å². The first kappa shape index (κ1) is 20.6. The Hall–Kier alpha value is -2.67. The van der Waals surface area contributed by atoms with Crippen molar-refractivity contribution in [1.29, 1.82) is 0 Å². The molecular weight excluding hydrogens is 396 g/mol. The molecule has 1 aliphatic heterocycles. The standard InChI is InChI=1S/C23H28N4O2S/c1-5-29-23(28)19-15(3)16(4)30-22(19)26-20-21(27-12-10-14(2)11-13-27)25-18-9-7-6-8-17(18)24-20/h6-9,14H,5,10-13H2,1-4H3,(H,24,26). The van der Waals surface area contributed by atoms with Crippen LogP contribution in [0.15, 0.2) is 24.3 Å². The molecule has 0 amide bonds. The van der Waals surface area contributed by atoms with E-state index in [9.17, 15) is 4.79 Å². The molecule has 3 aromatic rings. The lowest BCUT2D eigenvalue weighted by molar-refractivity contribution is 0.0527. The lowest BCUT2D eigenvalue weighted by atomic mass is 9.99. The van der Waals surface area contributed by atoms with Gasteiger partial charge in [-0.05, 0) is 57.2 Å². The van der Waals surface area contributed by atoms with E-state index in [2.05, 4.69) is 17.1 Å². The number of fused-ring (bicyclic) bond motifs is 1. The van der Waals surface area contributed by atoms with Gasteiger partial charge in [0.25, 0.3) is 0 Å². The lowest BCUT2D eigenvalue weighted by Gasteiger charge is -2.32. The van der Waals surface area contributed by atoms with E-state index >= 15 is 0 Å². The van der Waals surface area contributed by atoms with E-state index in [-0.39, 0.29) is 5.97 Å². The number of thiophene rings is 1. The summed E-state index contributed by atoms with van der Waals surface area (Å²) in [4.78, 5) is 25.9. The van der Waals surface area contributed by atoms with Crippen molar-refractivity contribution >= 4 is 45.0 Å². The molecule has 0 bridgehead atoms. The summed E-state index contributed by atoms with van der Waals surface area (Å²) in [5, 5.41) is 4.21. The molecule has 1 aliphatic rings. The van der Waals surface area contributed by atoms with Gasteiger partial charge in [-0.15, -0.1) is 11.3 Å². The van der Waals surface area contributed by atoms with Crippen LogP contribution >= 0.6 is 11.3 Å². The highest BCUT2D eigenvalue weighted by atomic mass is 32.1. The van der Waals surface area contributed by atoms with Gasteiger partial charge in [0.2, 0.25) is 0 Å². The number of esters is 1. The number of hydrogen-bond acceptors (Lipinski definition) is 7. The van der Waals surface area contributed by atoms with Crippen LogP contribution in [0.5, 0.6) is 0 Å². The maximum atomic E-state index is 12.6. The van der Waals surface area contributed by atoms with Crippen molar-refractivity contribution in [3.05, 3.63) is 40.3 Å². The van der Waals surface area contributed by atoms with Crippen molar-refractivity contribution in [2.45, 2.75) is 40.5 Å². The van der Waals surface area contributed by atoms with Crippen LogP contribution in [0.3, 0.4) is 0 Å². The molecule has 1 saturated heterocycles. The van der Waals surface area contributed by atoms with E-state index in [1.54, 1.807) is 11.3 Å². The lowest BCUT2D eigenvalue weighted by Crippen LogP contribution is -2.34. The molecule has 0 aliphatic carbocycles. The summed E-state index contributed by atoms with van der Waals surface area (Å²) in [6, 6.07) is 7.90. The molecule has 6 nitrogen and oxygen atoms in total. The average Bonchev–Trinajstić information content (AvgIpc) is 3.01. The molecule has 30 heavy (non-hydrogen) atoms. The molecule has 0 saturated carbocycles. The van der Waals surface area contributed by atoms with Crippen molar-refractivity contribution < 1.29 is 9.53 Å². The number of anilines is 3. The molecule has 1 fully saturated rings. The highest BCUT2D eigenvalue weighted by Gasteiger charge is 2.25. The predicted molar refractivity (Wildman–Crippen MR) is 123 cm³/mol. The Bertz CT molecular complexity index is 1070. The fourth-order valence-corrected chi connectivity index (χ4v) is 4.83. The van der Waals surface area contributed by atoms with Crippen molar-refractivity contribution in [3.63, 3.8) is 0 Å². The molecule has 7 heteroatoms. The van der Waals surface area contributed by atoms with Crippen molar-refractivity contribution in [3.8, 4) is 0 Å². The van der Waals surface area contributed by atoms with Gasteiger partial charge in [-0.1, -0.05) is 19.1 Å². The topological polar surface area (TPSA) is 67.3 Å². The fraction of sp³-hybridized carbons (Fsp3) is 0.435. The number of carbonyl (C=O) groups is 1. The van der Waals surface area contributed by atoms with E-state index < -0.39 is 0 Å². The van der Waals surface area contributed by atoms with Crippen LogP contribution in [-0.4, -0.2) is 35.6 Å². The molecule has 1 N–H and O–H groups in total. The van der Waals surface area contributed by atoms with Gasteiger partial charge in [0.15, 0.2) is 11.6 Å². The summed E-state index contributed by atoms with van der Waals surface area (Å²) in [5.74, 6) is 1.96. The van der Waals surface area contributed by atoms with Gasteiger partial charge in [0.1, 0.15) is 5.00 Å². The zero-order valence-electron chi connectivity index (χ0n) is 18.0. The second-order valence-electron chi connectivity index (χ2n) is 7.89. The van der Waals surface area contributed by atoms with Crippen LogP contribution in [0.1, 0.15) is 47.5 Å². The molecule has 0 atom stereocenters.